The van der Waals surface area contributed by atoms with Crippen LogP contribution in [0.1, 0.15) is 19.6 Å². The van der Waals surface area contributed by atoms with Crippen LogP contribution in [0.5, 0.6) is 0 Å². The highest BCUT2D eigenvalue weighted by Gasteiger charge is 2.40. The van der Waals surface area contributed by atoms with Gasteiger partial charge in [0, 0.05) is 16.8 Å². The minimum atomic E-state index is -3.42. The van der Waals surface area contributed by atoms with E-state index in [0.717, 1.165) is 6.26 Å². The Morgan fingerprint density at radius 2 is 1.90 bits per heavy atom. The van der Waals surface area contributed by atoms with Gasteiger partial charge >= 0.3 is 0 Å². The molecule has 0 aliphatic carbocycles. The van der Waals surface area contributed by atoms with E-state index in [9.17, 15) is 8.42 Å². The molecular weight excluding hydrogens is 300 g/mol. The zero-order valence-electron chi connectivity index (χ0n) is 11.3. The van der Waals surface area contributed by atoms with Gasteiger partial charge in [-0.2, -0.15) is 0 Å². The Morgan fingerprint density at radius 3 is 2.45 bits per heavy atom. The van der Waals surface area contributed by atoms with Crippen LogP contribution in [-0.2, 0) is 14.6 Å². The van der Waals surface area contributed by atoms with E-state index in [2.05, 4.69) is 5.16 Å². The van der Waals surface area contributed by atoms with E-state index in [0.29, 0.717) is 16.1 Å². The molecule has 0 aliphatic rings. The largest absolute Gasteiger partial charge is 0.380 e. The van der Waals surface area contributed by atoms with Gasteiger partial charge in [0.15, 0.2) is 21.4 Å². The fourth-order valence-corrected chi connectivity index (χ4v) is 2.51. The molecule has 1 heterocycles. The van der Waals surface area contributed by atoms with E-state index in [1.807, 2.05) is 0 Å². The van der Waals surface area contributed by atoms with Gasteiger partial charge in [-0.25, -0.2) is 8.42 Å². The van der Waals surface area contributed by atoms with Gasteiger partial charge < -0.3 is 10.3 Å². The Hall–Kier alpha value is -1.53. The Balaban J connectivity index is 2.75. The lowest BCUT2D eigenvalue weighted by Crippen LogP contribution is -2.28. The molecule has 0 unspecified atom stereocenters. The number of sulfone groups is 1. The molecule has 2 rings (SSSR count). The highest BCUT2D eigenvalue weighted by molar-refractivity contribution is 7.91. The van der Waals surface area contributed by atoms with Crippen LogP contribution in [-0.4, -0.2) is 19.8 Å². The topological polar surface area (TPSA) is 86.2 Å². The highest BCUT2D eigenvalue weighted by Crippen LogP contribution is 2.41. The first-order valence-corrected chi connectivity index (χ1v) is 8.13. The molecule has 2 N–H and O–H groups in total. The predicted octanol–water partition coefficient (Wildman–Crippen LogP) is 2.86. The third kappa shape index (κ3) is 2.29. The van der Waals surface area contributed by atoms with Gasteiger partial charge in [0.1, 0.15) is 4.75 Å². The van der Waals surface area contributed by atoms with Gasteiger partial charge in [0.25, 0.3) is 0 Å². The van der Waals surface area contributed by atoms with E-state index in [-0.39, 0.29) is 11.6 Å². The van der Waals surface area contributed by atoms with Crippen LogP contribution in [0.25, 0.3) is 11.1 Å². The van der Waals surface area contributed by atoms with Crippen molar-refractivity contribution in [1.29, 1.82) is 0 Å². The zero-order chi connectivity index (χ0) is 15.1. The molecule has 0 saturated heterocycles. The lowest BCUT2D eigenvalue weighted by molar-refractivity contribution is 0.357. The summed E-state index contributed by atoms with van der Waals surface area (Å²) in [6.07, 6.45) is 1.14. The maximum absolute atomic E-state index is 12.0. The third-order valence-electron chi connectivity index (χ3n) is 3.34. The van der Waals surface area contributed by atoms with E-state index in [4.69, 9.17) is 21.9 Å². The smallest absolute Gasteiger partial charge is 0.175 e. The molecule has 20 heavy (non-hydrogen) atoms. The molecule has 0 radical (unpaired) electrons. The number of nitrogens with zero attached hydrogens (tertiary/aromatic N) is 1. The minimum Gasteiger partial charge on any atom is -0.380 e. The van der Waals surface area contributed by atoms with Crippen LogP contribution >= 0.6 is 11.6 Å². The molecule has 1 aromatic heterocycles. The van der Waals surface area contributed by atoms with Crippen LogP contribution < -0.4 is 5.73 Å². The fourth-order valence-electron chi connectivity index (χ4n) is 1.81. The molecule has 0 spiro atoms. The molecule has 5 nitrogen and oxygen atoms in total. The minimum absolute atomic E-state index is 0.116. The van der Waals surface area contributed by atoms with Gasteiger partial charge in [-0.1, -0.05) is 35.0 Å². The molecule has 0 bridgehead atoms. The number of rotatable bonds is 3. The van der Waals surface area contributed by atoms with Gasteiger partial charge in [-0.05, 0) is 19.9 Å². The number of nitrogens with two attached hydrogens (primary N) is 1. The van der Waals surface area contributed by atoms with Gasteiger partial charge in [0.2, 0.25) is 0 Å². The Labute approximate surface area is 122 Å². The molecule has 2 aromatic rings. The Morgan fingerprint density at radius 1 is 1.30 bits per heavy atom. The van der Waals surface area contributed by atoms with Crippen LogP contribution in [0.3, 0.4) is 0 Å². The normalized spacial score (nSPS) is 12.6. The van der Waals surface area contributed by atoms with Gasteiger partial charge in [-0.15, -0.1) is 0 Å². The van der Waals surface area contributed by atoms with Crippen molar-refractivity contribution < 1.29 is 12.9 Å². The van der Waals surface area contributed by atoms with Crippen LogP contribution in [0.2, 0.25) is 5.02 Å². The van der Waals surface area contributed by atoms with E-state index < -0.39 is 14.6 Å². The van der Waals surface area contributed by atoms with Crippen molar-refractivity contribution >= 4 is 27.3 Å². The average Bonchev–Trinajstić information content (AvgIpc) is 2.71. The summed E-state index contributed by atoms with van der Waals surface area (Å²) in [6.45, 7) is 3.09. The number of anilines is 1. The molecule has 0 fully saturated rings. The van der Waals surface area contributed by atoms with Crippen molar-refractivity contribution in [3.8, 4) is 11.1 Å². The van der Waals surface area contributed by atoms with Gasteiger partial charge in [0.05, 0.1) is 5.56 Å². The monoisotopic (exact) mass is 314 g/mol. The van der Waals surface area contributed by atoms with Crippen molar-refractivity contribution in [2.75, 3.05) is 12.0 Å². The maximum Gasteiger partial charge on any atom is 0.175 e. The molecule has 0 atom stereocenters. The first-order valence-electron chi connectivity index (χ1n) is 5.86. The summed E-state index contributed by atoms with van der Waals surface area (Å²) in [5.74, 6) is 0.301. The molecular formula is C13H15ClN2O3S. The molecule has 0 aliphatic heterocycles. The van der Waals surface area contributed by atoms with Crippen LogP contribution in [0.4, 0.5) is 5.82 Å². The molecule has 0 saturated carbocycles. The lowest BCUT2D eigenvalue weighted by Gasteiger charge is -2.20. The molecule has 7 heteroatoms. The van der Waals surface area contributed by atoms with E-state index in [1.165, 1.54) is 0 Å². The fraction of sp³-hybridized carbons (Fsp3) is 0.308. The van der Waals surface area contributed by atoms with Crippen molar-refractivity contribution in [2.24, 2.45) is 0 Å². The molecule has 108 valence electrons. The number of nitrogen functional groups attached to an aromatic ring is 1. The quantitative estimate of drug-likeness (QED) is 0.941. The van der Waals surface area contributed by atoms with Crippen molar-refractivity contribution in [1.82, 2.24) is 5.16 Å². The summed E-state index contributed by atoms with van der Waals surface area (Å²) in [5, 5.41) is 4.15. The summed E-state index contributed by atoms with van der Waals surface area (Å²) in [7, 11) is -3.42. The summed E-state index contributed by atoms with van der Waals surface area (Å²) >= 11 is 6.15. The number of aromatic nitrogens is 1. The van der Waals surface area contributed by atoms with Crippen LogP contribution in [0.15, 0.2) is 28.8 Å². The summed E-state index contributed by atoms with van der Waals surface area (Å²) in [5.41, 5.74) is 6.84. The summed E-state index contributed by atoms with van der Waals surface area (Å²) < 4.78 is 27.9. The van der Waals surface area contributed by atoms with E-state index >= 15 is 0 Å². The summed E-state index contributed by atoms with van der Waals surface area (Å²) in [4.78, 5) is 0. The number of hydrogen-bond donors (Lipinski definition) is 1. The number of halogens is 1. The van der Waals surface area contributed by atoms with Gasteiger partial charge in [-0.3, -0.25) is 0 Å². The summed E-state index contributed by atoms with van der Waals surface area (Å²) in [6, 6.07) is 7.00. The number of benzene rings is 1. The number of hydrogen-bond acceptors (Lipinski definition) is 5. The third-order valence-corrected chi connectivity index (χ3v) is 5.70. The second kappa shape index (κ2) is 4.79. The van der Waals surface area contributed by atoms with E-state index in [1.54, 1.807) is 38.1 Å². The first-order chi connectivity index (χ1) is 9.16. The Kier molecular flexibility index (Phi) is 3.56. The SMILES string of the molecule is CC(C)(c1onc(N)c1-c1ccccc1Cl)S(C)(=O)=O. The average molecular weight is 315 g/mol. The highest BCUT2D eigenvalue weighted by atomic mass is 35.5. The van der Waals surface area contributed by atoms with Crippen molar-refractivity contribution in [3.05, 3.63) is 35.0 Å². The maximum atomic E-state index is 12.0. The van der Waals surface area contributed by atoms with Crippen molar-refractivity contribution in [3.63, 3.8) is 0 Å². The molecule has 0 amide bonds. The molecule has 1 aromatic carbocycles. The van der Waals surface area contributed by atoms with Crippen LogP contribution in [0, 0.1) is 0 Å². The second-order valence-electron chi connectivity index (χ2n) is 5.03. The zero-order valence-corrected chi connectivity index (χ0v) is 12.9. The second-order valence-corrected chi connectivity index (χ2v) is 8.01. The first kappa shape index (κ1) is 14.9. The predicted molar refractivity (Wildman–Crippen MR) is 79.2 cm³/mol. The lowest BCUT2D eigenvalue weighted by atomic mass is 9.99. The van der Waals surface area contributed by atoms with Crippen molar-refractivity contribution in [2.45, 2.75) is 18.6 Å². The standard InChI is InChI=1S/C13H15ClN2O3S/c1-13(2,20(3,17)18)11-10(12(15)16-19-11)8-6-4-5-7-9(8)14/h4-7H,1-3H3,(H2,15,16). The Bertz CT molecular complexity index is 751.